The Kier molecular flexibility index (Phi) is 6.26. The normalized spacial score (nSPS) is 15.1. The molecule has 4 rings (SSSR count). The van der Waals surface area contributed by atoms with Crippen LogP contribution in [0, 0.1) is 12.7 Å². The molecule has 1 aliphatic heterocycles. The van der Waals surface area contributed by atoms with Gasteiger partial charge < -0.3 is 9.80 Å². The summed E-state index contributed by atoms with van der Waals surface area (Å²) in [7, 11) is 0. The Balaban J connectivity index is 1.47. The third-order valence-electron chi connectivity index (χ3n) is 5.75. The van der Waals surface area contributed by atoms with Crippen molar-refractivity contribution in [2.24, 2.45) is 0 Å². The average Bonchev–Trinajstić information content (AvgIpc) is 2.80. The van der Waals surface area contributed by atoms with Crippen LogP contribution in [0.2, 0.25) is 0 Å². The lowest BCUT2D eigenvalue weighted by atomic mass is 9.95. The van der Waals surface area contributed by atoms with E-state index in [2.05, 4.69) is 21.8 Å². The Labute approximate surface area is 182 Å². The van der Waals surface area contributed by atoms with Crippen LogP contribution in [0.5, 0.6) is 0 Å². The number of rotatable bonds is 5. The van der Waals surface area contributed by atoms with Gasteiger partial charge in [0.05, 0.1) is 5.92 Å². The number of carbonyl (C=O) groups excluding carboxylic acids is 1. The van der Waals surface area contributed by atoms with E-state index in [9.17, 15) is 9.18 Å². The summed E-state index contributed by atoms with van der Waals surface area (Å²) in [6, 6.07) is 18.3. The fraction of sp³-hybridized carbons (Fsp3) is 0.320. The SMILES string of the molecule is CC[C@H](C(=O)N1CCN(c2cc(C)nc(-c3cccc(F)c3)n2)CC1)c1ccccc1. The fourth-order valence-electron chi connectivity index (χ4n) is 4.09. The minimum absolute atomic E-state index is 0.103. The van der Waals surface area contributed by atoms with Crippen molar-refractivity contribution in [2.45, 2.75) is 26.2 Å². The van der Waals surface area contributed by atoms with Crippen LogP contribution in [0.15, 0.2) is 60.7 Å². The molecule has 2 heterocycles. The van der Waals surface area contributed by atoms with E-state index >= 15 is 0 Å². The Morgan fingerprint density at radius 2 is 1.74 bits per heavy atom. The zero-order valence-corrected chi connectivity index (χ0v) is 18.0. The van der Waals surface area contributed by atoms with Gasteiger partial charge in [0.25, 0.3) is 0 Å². The van der Waals surface area contributed by atoms with Crippen molar-refractivity contribution in [3.63, 3.8) is 0 Å². The lowest BCUT2D eigenvalue weighted by Gasteiger charge is -2.37. The summed E-state index contributed by atoms with van der Waals surface area (Å²) in [4.78, 5) is 26.4. The van der Waals surface area contributed by atoms with Crippen LogP contribution in [-0.4, -0.2) is 47.0 Å². The molecule has 1 amide bonds. The number of carbonyl (C=O) groups is 1. The fourth-order valence-corrected chi connectivity index (χ4v) is 4.09. The molecule has 0 unspecified atom stereocenters. The minimum Gasteiger partial charge on any atom is -0.353 e. The van der Waals surface area contributed by atoms with Gasteiger partial charge in [0, 0.05) is 43.5 Å². The topological polar surface area (TPSA) is 49.3 Å². The highest BCUT2D eigenvalue weighted by atomic mass is 19.1. The number of amides is 1. The molecule has 3 aromatic rings. The molecule has 0 saturated carbocycles. The Morgan fingerprint density at radius 1 is 1.00 bits per heavy atom. The Morgan fingerprint density at radius 3 is 2.42 bits per heavy atom. The summed E-state index contributed by atoms with van der Waals surface area (Å²) in [6.45, 7) is 6.69. The predicted molar refractivity (Wildman–Crippen MR) is 120 cm³/mol. The van der Waals surface area contributed by atoms with Crippen LogP contribution >= 0.6 is 0 Å². The van der Waals surface area contributed by atoms with E-state index in [-0.39, 0.29) is 17.6 Å². The van der Waals surface area contributed by atoms with E-state index in [0.717, 1.165) is 23.5 Å². The van der Waals surface area contributed by atoms with Gasteiger partial charge in [-0.05, 0) is 31.0 Å². The molecule has 1 saturated heterocycles. The zero-order valence-electron chi connectivity index (χ0n) is 18.0. The van der Waals surface area contributed by atoms with Crippen LogP contribution in [0.4, 0.5) is 10.2 Å². The summed E-state index contributed by atoms with van der Waals surface area (Å²) in [6.07, 6.45) is 0.783. The maximum atomic E-state index is 13.6. The summed E-state index contributed by atoms with van der Waals surface area (Å²) in [5, 5.41) is 0. The molecule has 1 aromatic heterocycles. The second kappa shape index (κ2) is 9.25. The molecule has 0 radical (unpaired) electrons. The number of piperazine rings is 1. The molecule has 2 aromatic carbocycles. The van der Waals surface area contributed by atoms with Crippen molar-refractivity contribution in [2.75, 3.05) is 31.1 Å². The number of aryl methyl sites for hydroxylation is 1. The van der Waals surface area contributed by atoms with Crippen molar-refractivity contribution in [1.29, 1.82) is 0 Å². The molecule has 0 bridgehead atoms. The van der Waals surface area contributed by atoms with Crippen LogP contribution in [-0.2, 0) is 4.79 Å². The molecule has 0 spiro atoms. The lowest BCUT2D eigenvalue weighted by molar-refractivity contribution is -0.133. The average molecular weight is 419 g/mol. The van der Waals surface area contributed by atoms with Gasteiger partial charge in [0.2, 0.25) is 5.91 Å². The van der Waals surface area contributed by atoms with Crippen molar-refractivity contribution in [1.82, 2.24) is 14.9 Å². The monoisotopic (exact) mass is 418 g/mol. The van der Waals surface area contributed by atoms with Gasteiger partial charge in [0.15, 0.2) is 5.82 Å². The van der Waals surface area contributed by atoms with Crippen LogP contribution in [0.1, 0.15) is 30.5 Å². The molecule has 31 heavy (non-hydrogen) atoms. The summed E-state index contributed by atoms with van der Waals surface area (Å²) in [5.74, 6) is 1.11. The number of hydrogen-bond donors (Lipinski definition) is 0. The molecule has 1 atom stereocenters. The second-order valence-corrected chi connectivity index (χ2v) is 7.89. The first-order valence-corrected chi connectivity index (χ1v) is 10.8. The summed E-state index contributed by atoms with van der Waals surface area (Å²) < 4.78 is 13.6. The van der Waals surface area contributed by atoms with Gasteiger partial charge in [-0.15, -0.1) is 0 Å². The number of anilines is 1. The van der Waals surface area contributed by atoms with Crippen molar-refractivity contribution in [3.8, 4) is 11.4 Å². The number of nitrogens with zero attached hydrogens (tertiary/aromatic N) is 4. The van der Waals surface area contributed by atoms with E-state index in [1.807, 2.05) is 54.3 Å². The first-order chi connectivity index (χ1) is 15.0. The highest BCUT2D eigenvalue weighted by Crippen LogP contribution is 2.25. The van der Waals surface area contributed by atoms with E-state index in [1.165, 1.54) is 12.1 Å². The van der Waals surface area contributed by atoms with Crippen molar-refractivity contribution >= 4 is 11.7 Å². The Bertz CT molecular complexity index is 1050. The Hall–Kier alpha value is -3.28. The quantitative estimate of drug-likeness (QED) is 0.615. The molecular weight excluding hydrogens is 391 g/mol. The first-order valence-electron chi connectivity index (χ1n) is 10.8. The second-order valence-electron chi connectivity index (χ2n) is 7.89. The van der Waals surface area contributed by atoms with Gasteiger partial charge in [-0.2, -0.15) is 0 Å². The standard InChI is InChI=1S/C25H27FN4O/c1-3-22(19-8-5-4-6-9-19)25(31)30-14-12-29(13-15-30)23-16-18(2)27-24(28-23)20-10-7-11-21(26)17-20/h4-11,16-17,22H,3,12-15H2,1-2H3/t22-/m0/s1. The molecule has 6 heteroatoms. The first kappa shape index (κ1) is 21.0. The van der Waals surface area contributed by atoms with Crippen LogP contribution < -0.4 is 4.90 Å². The largest absolute Gasteiger partial charge is 0.353 e. The van der Waals surface area contributed by atoms with Gasteiger partial charge in [-0.25, -0.2) is 14.4 Å². The number of halogens is 1. The number of aromatic nitrogens is 2. The molecule has 5 nitrogen and oxygen atoms in total. The highest BCUT2D eigenvalue weighted by Gasteiger charge is 2.28. The van der Waals surface area contributed by atoms with Crippen molar-refractivity contribution < 1.29 is 9.18 Å². The third kappa shape index (κ3) is 4.74. The van der Waals surface area contributed by atoms with Crippen LogP contribution in [0.25, 0.3) is 11.4 Å². The van der Waals surface area contributed by atoms with Crippen molar-refractivity contribution in [3.05, 3.63) is 77.7 Å². The van der Waals surface area contributed by atoms with Gasteiger partial charge in [-0.1, -0.05) is 49.4 Å². The molecule has 0 N–H and O–H groups in total. The zero-order chi connectivity index (χ0) is 21.8. The third-order valence-corrected chi connectivity index (χ3v) is 5.75. The van der Waals surface area contributed by atoms with E-state index in [1.54, 1.807) is 6.07 Å². The van der Waals surface area contributed by atoms with Gasteiger partial charge in [-0.3, -0.25) is 4.79 Å². The molecule has 0 aliphatic carbocycles. The summed E-state index contributed by atoms with van der Waals surface area (Å²) >= 11 is 0. The number of benzene rings is 2. The van der Waals surface area contributed by atoms with Crippen LogP contribution in [0.3, 0.4) is 0 Å². The summed E-state index contributed by atoms with van der Waals surface area (Å²) in [5.41, 5.74) is 2.56. The maximum absolute atomic E-state index is 13.6. The number of hydrogen-bond acceptors (Lipinski definition) is 4. The molecule has 1 aliphatic rings. The lowest BCUT2D eigenvalue weighted by Crippen LogP contribution is -2.50. The molecule has 160 valence electrons. The predicted octanol–water partition coefficient (Wildman–Crippen LogP) is 4.43. The molecular formula is C25H27FN4O. The molecule has 1 fully saturated rings. The van der Waals surface area contributed by atoms with Gasteiger partial charge >= 0.3 is 0 Å². The maximum Gasteiger partial charge on any atom is 0.230 e. The smallest absolute Gasteiger partial charge is 0.230 e. The van der Waals surface area contributed by atoms with Gasteiger partial charge in [0.1, 0.15) is 11.6 Å². The van der Waals surface area contributed by atoms with E-state index in [4.69, 9.17) is 0 Å². The van der Waals surface area contributed by atoms with E-state index in [0.29, 0.717) is 37.6 Å². The highest BCUT2D eigenvalue weighted by molar-refractivity contribution is 5.84. The minimum atomic E-state index is -0.305. The van der Waals surface area contributed by atoms with E-state index < -0.39 is 0 Å².